The molecule has 0 heterocycles. The average Bonchev–Trinajstić information content (AvgIpc) is 2.82. The summed E-state index contributed by atoms with van der Waals surface area (Å²) in [6.45, 7) is 4.19. The van der Waals surface area contributed by atoms with Gasteiger partial charge in [0.25, 0.3) is 0 Å². The summed E-state index contributed by atoms with van der Waals surface area (Å²) in [5, 5.41) is 9.81. The number of aliphatic hydroxyl groups excluding tert-OH is 1. The lowest BCUT2D eigenvalue weighted by atomic mass is 9.69. The van der Waals surface area contributed by atoms with Crippen LogP contribution in [-0.2, 0) is 4.74 Å². The van der Waals surface area contributed by atoms with Crippen molar-refractivity contribution in [3.63, 3.8) is 0 Å². The second-order valence-electron chi connectivity index (χ2n) is 10.5. The third-order valence-corrected chi connectivity index (χ3v) is 8.63. The van der Waals surface area contributed by atoms with Crippen molar-refractivity contribution in [3.05, 3.63) is 46.9 Å². The number of allylic oxidation sites excluding steroid dienone is 6. The molecule has 33 heavy (non-hydrogen) atoms. The molecule has 2 nitrogen and oxygen atoms in total. The molecule has 4 aliphatic carbocycles. The Labute approximate surface area is 196 Å². The van der Waals surface area contributed by atoms with Crippen LogP contribution in [0.1, 0.15) is 78.1 Å². The van der Waals surface area contributed by atoms with Gasteiger partial charge in [0.05, 0.1) is 6.10 Å². The maximum atomic E-state index is 15.2. The van der Waals surface area contributed by atoms with Gasteiger partial charge in [-0.25, -0.2) is 13.2 Å². The quantitative estimate of drug-likeness (QED) is 0.437. The highest BCUT2D eigenvalue weighted by atomic mass is 19.2. The van der Waals surface area contributed by atoms with E-state index in [0.717, 1.165) is 56.9 Å². The Morgan fingerprint density at radius 3 is 2.21 bits per heavy atom. The van der Waals surface area contributed by atoms with Gasteiger partial charge in [-0.05, 0) is 119 Å². The van der Waals surface area contributed by atoms with E-state index in [1.165, 1.54) is 0 Å². The molecule has 0 amide bonds. The Kier molecular flexibility index (Phi) is 8.22. The first-order valence-corrected chi connectivity index (χ1v) is 13.0. The molecule has 3 unspecified atom stereocenters. The van der Waals surface area contributed by atoms with Gasteiger partial charge in [0.2, 0.25) is 0 Å². The van der Waals surface area contributed by atoms with Crippen LogP contribution in [0.4, 0.5) is 13.2 Å². The molecule has 4 rings (SSSR count). The van der Waals surface area contributed by atoms with Crippen LogP contribution >= 0.6 is 0 Å². The van der Waals surface area contributed by atoms with Crippen LogP contribution in [0, 0.1) is 29.6 Å². The summed E-state index contributed by atoms with van der Waals surface area (Å²) in [6, 6.07) is 0. The highest BCUT2D eigenvalue weighted by Gasteiger charge is 2.37. The fourth-order valence-electron chi connectivity index (χ4n) is 6.56. The second kappa shape index (κ2) is 10.9. The molecule has 2 fully saturated rings. The van der Waals surface area contributed by atoms with Gasteiger partial charge in [-0.2, -0.15) is 0 Å². The first-order valence-electron chi connectivity index (χ1n) is 13.0. The molecular weight excluding hydrogens is 425 g/mol. The zero-order chi connectivity index (χ0) is 23.5. The topological polar surface area (TPSA) is 29.5 Å². The first kappa shape index (κ1) is 24.8. The fourth-order valence-corrected chi connectivity index (χ4v) is 6.56. The molecule has 0 saturated heterocycles. The highest BCUT2D eigenvalue weighted by Crippen LogP contribution is 2.48. The lowest BCUT2D eigenvalue weighted by molar-refractivity contribution is 0.0727. The van der Waals surface area contributed by atoms with Gasteiger partial charge in [-0.1, -0.05) is 12.2 Å². The van der Waals surface area contributed by atoms with E-state index in [4.69, 9.17) is 4.74 Å². The molecule has 1 N–H and O–H groups in total. The number of hydrogen-bond donors (Lipinski definition) is 1. The fraction of sp³-hybridized carbons (Fsp3) is 0.714. The number of ether oxygens (including phenoxy) is 1. The summed E-state index contributed by atoms with van der Waals surface area (Å²) in [5.41, 5.74) is 1.60. The molecule has 0 radical (unpaired) electrons. The van der Waals surface area contributed by atoms with Crippen LogP contribution in [0.3, 0.4) is 0 Å². The molecule has 4 aliphatic rings. The molecule has 0 aromatic carbocycles. The molecule has 0 aromatic heterocycles. The van der Waals surface area contributed by atoms with Crippen molar-refractivity contribution in [2.75, 3.05) is 6.61 Å². The number of halogens is 3. The van der Waals surface area contributed by atoms with Crippen molar-refractivity contribution in [1.82, 2.24) is 0 Å². The van der Waals surface area contributed by atoms with Gasteiger partial charge in [-0.15, -0.1) is 0 Å². The maximum absolute atomic E-state index is 15.2. The first-order chi connectivity index (χ1) is 15.9. The summed E-state index contributed by atoms with van der Waals surface area (Å²) >= 11 is 0. The van der Waals surface area contributed by atoms with Crippen LogP contribution in [0.25, 0.3) is 0 Å². The standard InChI is InChI=1S/C28H39F3O2/c1-3-33-26-15-12-22(16-25(26)29)19-6-10-21(11-7-19)24-14-13-23(27(30)28(24)31)20-8-4-18(5-9-20)17(2)32/h12,14,16-21,23,26,32H,3-11,13,15H2,1-2H3. The molecule has 0 spiro atoms. The SMILES string of the molecule is CCOC1CC=C(C2CCC(C3=CCC(C4CCC(C(C)O)CC4)C(F)=C3F)CC2)C=C1F. The van der Waals surface area contributed by atoms with Crippen molar-refractivity contribution < 1.29 is 23.0 Å². The van der Waals surface area contributed by atoms with Crippen LogP contribution in [0.15, 0.2) is 46.9 Å². The summed E-state index contributed by atoms with van der Waals surface area (Å²) in [7, 11) is 0. The third-order valence-electron chi connectivity index (χ3n) is 8.63. The van der Waals surface area contributed by atoms with E-state index in [9.17, 15) is 9.50 Å². The molecule has 2 saturated carbocycles. The normalized spacial score (nSPS) is 36.7. The minimum atomic E-state index is -0.616. The lowest BCUT2D eigenvalue weighted by Crippen LogP contribution is -2.29. The van der Waals surface area contributed by atoms with Gasteiger partial charge in [-0.3, -0.25) is 0 Å². The van der Waals surface area contributed by atoms with Crippen molar-refractivity contribution in [2.24, 2.45) is 29.6 Å². The predicted octanol–water partition coefficient (Wildman–Crippen LogP) is 7.67. The zero-order valence-electron chi connectivity index (χ0n) is 20.0. The maximum Gasteiger partial charge on any atom is 0.158 e. The third kappa shape index (κ3) is 5.51. The van der Waals surface area contributed by atoms with Crippen molar-refractivity contribution in [2.45, 2.75) is 90.3 Å². The van der Waals surface area contributed by atoms with Crippen molar-refractivity contribution in [1.29, 1.82) is 0 Å². The van der Waals surface area contributed by atoms with E-state index in [0.29, 0.717) is 25.0 Å². The molecule has 0 aliphatic heterocycles. The summed E-state index contributed by atoms with van der Waals surface area (Å²) in [6.07, 6.45) is 12.9. The summed E-state index contributed by atoms with van der Waals surface area (Å²) < 4.78 is 50.1. The Hall–Kier alpha value is -1.33. The molecule has 184 valence electrons. The van der Waals surface area contributed by atoms with Crippen LogP contribution in [-0.4, -0.2) is 23.9 Å². The van der Waals surface area contributed by atoms with Crippen LogP contribution < -0.4 is 0 Å². The molecule has 0 bridgehead atoms. The predicted molar refractivity (Wildman–Crippen MR) is 125 cm³/mol. The smallest absolute Gasteiger partial charge is 0.158 e. The monoisotopic (exact) mass is 464 g/mol. The van der Waals surface area contributed by atoms with Gasteiger partial charge in [0.1, 0.15) is 17.8 Å². The van der Waals surface area contributed by atoms with E-state index >= 15 is 8.78 Å². The van der Waals surface area contributed by atoms with Gasteiger partial charge in [0.15, 0.2) is 5.83 Å². The lowest BCUT2D eigenvalue weighted by Gasteiger charge is -2.37. The largest absolute Gasteiger partial charge is 0.393 e. The minimum Gasteiger partial charge on any atom is -0.393 e. The van der Waals surface area contributed by atoms with E-state index in [-0.39, 0.29) is 41.5 Å². The number of hydrogen-bond acceptors (Lipinski definition) is 2. The van der Waals surface area contributed by atoms with Crippen molar-refractivity contribution in [3.8, 4) is 0 Å². The molecule has 3 atom stereocenters. The van der Waals surface area contributed by atoms with Crippen LogP contribution in [0.5, 0.6) is 0 Å². The Morgan fingerprint density at radius 2 is 1.61 bits per heavy atom. The van der Waals surface area contributed by atoms with Gasteiger partial charge < -0.3 is 9.84 Å². The zero-order valence-corrected chi connectivity index (χ0v) is 20.0. The van der Waals surface area contributed by atoms with Crippen LogP contribution in [0.2, 0.25) is 0 Å². The number of rotatable bonds is 6. The van der Waals surface area contributed by atoms with E-state index in [1.807, 2.05) is 19.9 Å². The second-order valence-corrected chi connectivity index (χ2v) is 10.5. The average molecular weight is 465 g/mol. The minimum absolute atomic E-state index is 0.0492. The van der Waals surface area contributed by atoms with E-state index in [1.54, 1.807) is 6.08 Å². The summed E-state index contributed by atoms with van der Waals surface area (Å²) in [5.74, 6) is -0.919. The Bertz CT molecular complexity index is 809. The van der Waals surface area contributed by atoms with E-state index in [2.05, 4.69) is 6.08 Å². The Morgan fingerprint density at radius 1 is 0.939 bits per heavy atom. The van der Waals surface area contributed by atoms with Gasteiger partial charge >= 0.3 is 0 Å². The molecular formula is C28H39F3O2. The molecule has 0 aromatic rings. The Balaban J connectivity index is 1.32. The van der Waals surface area contributed by atoms with E-state index < -0.39 is 17.8 Å². The van der Waals surface area contributed by atoms with Gasteiger partial charge in [0, 0.05) is 12.5 Å². The molecule has 5 heteroatoms. The summed E-state index contributed by atoms with van der Waals surface area (Å²) in [4.78, 5) is 0. The van der Waals surface area contributed by atoms with Crippen molar-refractivity contribution >= 4 is 0 Å². The highest BCUT2D eigenvalue weighted by molar-refractivity contribution is 5.36. The number of aliphatic hydroxyl groups is 1.